The Balaban J connectivity index is 1.92. The van der Waals surface area contributed by atoms with Gasteiger partial charge >= 0.3 is 5.97 Å². The largest absolute Gasteiger partial charge is 0.459 e. The second kappa shape index (κ2) is 4.74. The molecule has 0 radical (unpaired) electrons. The molecule has 2 rings (SSSR count). The number of carbonyl (C=O) groups is 1. The molecule has 5 heteroatoms. The van der Waals surface area contributed by atoms with Crippen molar-refractivity contribution in [1.82, 2.24) is 10.3 Å². The maximum Gasteiger partial charge on any atom is 0.323 e. The highest BCUT2D eigenvalue weighted by Gasteiger charge is 2.33. The van der Waals surface area contributed by atoms with Gasteiger partial charge in [0.2, 0.25) is 0 Å². The van der Waals surface area contributed by atoms with Gasteiger partial charge in [-0.1, -0.05) is 0 Å². The predicted molar refractivity (Wildman–Crippen MR) is 67.1 cm³/mol. The molecular formula is C12H18N2O2S. The molecule has 0 amide bonds. The molecular weight excluding hydrogens is 236 g/mol. The molecule has 94 valence electrons. The van der Waals surface area contributed by atoms with Crippen LogP contribution in [0.3, 0.4) is 0 Å². The fourth-order valence-electron chi connectivity index (χ4n) is 1.94. The third-order valence-electron chi connectivity index (χ3n) is 2.69. The van der Waals surface area contributed by atoms with Crippen LogP contribution < -0.4 is 5.32 Å². The fraction of sp³-hybridized carbons (Fsp3) is 0.667. The molecule has 1 aromatic heterocycles. The third-order valence-corrected chi connectivity index (χ3v) is 3.30. The van der Waals surface area contributed by atoms with Gasteiger partial charge in [-0.2, -0.15) is 0 Å². The molecule has 0 aliphatic carbocycles. The summed E-state index contributed by atoms with van der Waals surface area (Å²) in [4.78, 5) is 16.2. The van der Waals surface area contributed by atoms with E-state index in [2.05, 4.69) is 10.3 Å². The van der Waals surface area contributed by atoms with E-state index >= 15 is 0 Å². The van der Waals surface area contributed by atoms with Gasteiger partial charge < -0.3 is 10.1 Å². The van der Waals surface area contributed by atoms with Crippen molar-refractivity contribution in [3.63, 3.8) is 0 Å². The number of nitrogens with zero attached hydrogens (tertiary/aromatic N) is 1. The number of hydrogen-bond acceptors (Lipinski definition) is 5. The van der Waals surface area contributed by atoms with Crippen LogP contribution in [-0.4, -0.2) is 29.1 Å². The Labute approximate surface area is 105 Å². The van der Waals surface area contributed by atoms with E-state index in [1.54, 1.807) is 11.3 Å². The molecule has 1 aliphatic rings. The molecule has 2 atom stereocenters. The van der Waals surface area contributed by atoms with Crippen LogP contribution in [0.2, 0.25) is 0 Å². The average Bonchev–Trinajstić information content (AvgIpc) is 2.86. The summed E-state index contributed by atoms with van der Waals surface area (Å²) in [6.07, 6.45) is 0.776. The number of hydrogen-bond donors (Lipinski definition) is 1. The number of rotatable bonds is 2. The van der Waals surface area contributed by atoms with Crippen LogP contribution in [0.5, 0.6) is 0 Å². The molecule has 2 heterocycles. The Morgan fingerprint density at radius 1 is 1.59 bits per heavy atom. The third kappa shape index (κ3) is 3.26. The first-order chi connectivity index (χ1) is 7.96. The summed E-state index contributed by atoms with van der Waals surface area (Å²) in [5.41, 5.74) is 2.49. The van der Waals surface area contributed by atoms with Gasteiger partial charge in [0.15, 0.2) is 0 Å². The Kier molecular flexibility index (Phi) is 3.49. The van der Waals surface area contributed by atoms with Crippen LogP contribution in [0, 0.1) is 0 Å². The van der Waals surface area contributed by atoms with Crippen LogP contribution in [-0.2, 0) is 9.53 Å². The molecule has 0 aromatic carbocycles. The standard InChI is InChI=1S/C12H18N2O2S/c1-12(2,3)16-11(15)9-4-8(5-13-9)10-6-17-7-14-10/h6-9,13H,4-5H2,1-3H3. The van der Waals surface area contributed by atoms with E-state index in [0.717, 1.165) is 18.7 Å². The van der Waals surface area contributed by atoms with Crippen LogP contribution in [0.1, 0.15) is 38.8 Å². The molecule has 1 aromatic rings. The van der Waals surface area contributed by atoms with E-state index in [0.29, 0.717) is 5.92 Å². The summed E-state index contributed by atoms with van der Waals surface area (Å²) < 4.78 is 5.37. The van der Waals surface area contributed by atoms with Crippen LogP contribution in [0.15, 0.2) is 10.9 Å². The Hall–Kier alpha value is -0.940. The predicted octanol–water partition coefficient (Wildman–Crippen LogP) is 1.93. The van der Waals surface area contributed by atoms with E-state index < -0.39 is 5.60 Å². The van der Waals surface area contributed by atoms with E-state index in [-0.39, 0.29) is 12.0 Å². The highest BCUT2D eigenvalue weighted by Crippen LogP contribution is 2.26. The van der Waals surface area contributed by atoms with Gasteiger partial charge in [0.1, 0.15) is 11.6 Å². The maximum atomic E-state index is 11.9. The van der Waals surface area contributed by atoms with Gasteiger partial charge in [0, 0.05) is 17.8 Å². The van der Waals surface area contributed by atoms with Crippen molar-refractivity contribution < 1.29 is 9.53 Å². The first-order valence-corrected chi connectivity index (χ1v) is 6.74. The quantitative estimate of drug-likeness (QED) is 0.819. The molecule has 0 saturated carbocycles. The molecule has 1 saturated heterocycles. The first-order valence-electron chi connectivity index (χ1n) is 5.80. The zero-order valence-corrected chi connectivity index (χ0v) is 11.2. The SMILES string of the molecule is CC(C)(C)OC(=O)C1CC(c2cscn2)CN1. The lowest BCUT2D eigenvalue weighted by atomic mass is 10.0. The van der Waals surface area contributed by atoms with Gasteiger partial charge in [0.05, 0.1) is 11.2 Å². The van der Waals surface area contributed by atoms with Crippen molar-refractivity contribution in [2.75, 3.05) is 6.54 Å². The van der Waals surface area contributed by atoms with Crippen molar-refractivity contribution in [2.24, 2.45) is 0 Å². The minimum Gasteiger partial charge on any atom is -0.459 e. The van der Waals surface area contributed by atoms with E-state index in [4.69, 9.17) is 4.74 Å². The monoisotopic (exact) mass is 254 g/mol. The lowest BCUT2D eigenvalue weighted by molar-refractivity contribution is -0.157. The maximum absolute atomic E-state index is 11.9. The number of nitrogens with one attached hydrogen (secondary N) is 1. The average molecular weight is 254 g/mol. The van der Waals surface area contributed by atoms with E-state index in [9.17, 15) is 4.79 Å². The first kappa shape index (κ1) is 12.5. The molecule has 1 N–H and O–H groups in total. The summed E-state index contributed by atoms with van der Waals surface area (Å²) in [6, 6.07) is -0.194. The van der Waals surface area contributed by atoms with Crippen molar-refractivity contribution in [2.45, 2.75) is 44.8 Å². The Morgan fingerprint density at radius 3 is 2.94 bits per heavy atom. The van der Waals surface area contributed by atoms with Gasteiger partial charge in [-0.15, -0.1) is 11.3 Å². The zero-order valence-electron chi connectivity index (χ0n) is 10.4. The van der Waals surface area contributed by atoms with Gasteiger partial charge in [0.25, 0.3) is 0 Å². The number of carbonyl (C=O) groups excluding carboxylic acids is 1. The number of esters is 1. The smallest absolute Gasteiger partial charge is 0.323 e. The minimum atomic E-state index is -0.419. The number of thiazole rings is 1. The molecule has 17 heavy (non-hydrogen) atoms. The van der Waals surface area contributed by atoms with Gasteiger partial charge in [-0.3, -0.25) is 4.79 Å². The van der Waals surface area contributed by atoms with Crippen LogP contribution >= 0.6 is 11.3 Å². The summed E-state index contributed by atoms with van der Waals surface area (Å²) in [6.45, 7) is 6.46. The highest BCUT2D eigenvalue weighted by molar-refractivity contribution is 7.07. The van der Waals surface area contributed by atoms with Crippen LogP contribution in [0.25, 0.3) is 0 Å². The van der Waals surface area contributed by atoms with Crippen molar-refractivity contribution >= 4 is 17.3 Å². The molecule has 2 unspecified atom stereocenters. The Morgan fingerprint density at radius 2 is 2.35 bits per heavy atom. The summed E-state index contributed by atoms with van der Waals surface area (Å²) in [7, 11) is 0. The molecule has 1 fully saturated rings. The topological polar surface area (TPSA) is 51.2 Å². The summed E-state index contributed by atoms with van der Waals surface area (Å²) in [5, 5.41) is 5.25. The molecule has 4 nitrogen and oxygen atoms in total. The summed E-state index contributed by atoms with van der Waals surface area (Å²) >= 11 is 1.59. The van der Waals surface area contributed by atoms with E-state index in [1.165, 1.54) is 0 Å². The number of ether oxygens (including phenoxy) is 1. The van der Waals surface area contributed by atoms with Crippen LogP contribution in [0.4, 0.5) is 0 Å². The Bertz CT molecular complexity index is 384. The second-order valence-corrected chi connectivity index (χ2v) is 6.06. The van der Waals surface area contributed by atoms with Crippen molar-refractivity contribution in [3.05, 3.63) is 16.6 Å². The lowest BCUT2D eigenvalue weighted by Crippen LogP contribution is -2.37. The second-order valence-electron chi connectivity index (χ2n) is 5.34. The zero-order chi connectivity index (χ0) is 12.5. The molecule has 0 bridgehead atoms. The fourth-order valence-corrected chi connectivity index (χ4v) is 2.57. The normalized spacial score (nSPS) is 24.9. The van der Waals surface area contributed by atoms with Gasteiger partial charge in [-0.05, 0) is 27.2 Å². The van der Waals surface area contributed by atoms with E-state index in [1.807, 2.05) is 31.7 Å². The molecule has 1 aliphatic heterocycles. The summed E-state index contributed by atoms with van der Waals surface area (Å²) in [5.74, 6) is 0.175. The van der Waals surface area contributed by atoms with Crippen molar-refractivity contribution in [1.29, 1.82) is 0 Å². The lowest BCUT2D eigenvalue weighted by Gasteiger charge is -2.22. The molecule has 0 spiro atoms. The number of aromatic nitrogens is 1. The van der Waals surface area contributed by atoms with Crippen molar-refractivity contribution in [3.8, 4) is 0 Å². The highest BCUT2D eigenvalue weighted by atomic mass is 32.1. The minimum absolute atomic E-state index is 0.157. The van der Waals surface area contributed by atoms with Gasteiger partial charge in [-0.25, -0.2) is 4.98 Å².